The van der Waals surface area contributed by atoms with Crippen LogP contribution in [-0.4, -0.2) is 5.78 Å². The molecule has 0 unspecified atom stereocenters. The summed E-state index contributed by atoms with van der Waals surface area (Å²) < 4.78 is 0. The van der Waals surface area contributed by atoms with Gasteiger partial charge in [-0.25, -0.2) is 0 Å². The third-order valence-corrected chi connectivity index (χ3v) is 5.43. The van der Waals surface area contributed by atoms with E-state index in [4.69, 9.17) is 0 Å². The second-order valence-electron chi connectivity index (χ2n) is 5.76. The molecule has 0 aliphatic heterocycles. The van der Waals surface area contributed by atoms with E-state index in [9.17, 15) is 4.79 Å². The number of hydrogen-bond donors (Lipinski definition) is 1. The minimum Gasteiger partial charge on any atom is -0.347 e. The van der Waals surface area contributed by atoms with Crippen molar-refractivity contribution in [3.8, 4) is 0 Å². The minimum absolute atomic E-state index is 0.148. The van der Waals surface area contributed by atoms with Crippen molar-refractivity contribution in [2.24, 2.45) is 0 Å². The molecule has 0 saturated carbocycles. The third kappa shape index (κ3) is 2.68. The molecule has 4 rings (SSSR count). The third-order valence-electron chi connectivity index (χ3n) is 4.24. The van der Waals surface area contributed by atoms with E-state index in [2.05, 4.69) is 17.4 Å². The Hall–Kier alpha value is -2.39. The first-order valence-corrected chi connectivity index (χ1v) is 8.71. The van der Waals surface area contributed by atoms with E-state index in [1.54, 1.807) is 11.3 Å². The molecule has 0 saturated heterocycles. The number of fused-ring (bicyclic) bond motifs is 1. The maximum atomic E-state index is 12.9. The molecule has 23 heavy (non-hydrogen) atoms. The van der Waals surface area contributed by atoms with Crippen molar-refractivity contribution in [3.05, 3.63) is 82.2 Å². The first kappa shape index (κ1) is 14.2. The van der Waals surface area contributed by atoms with Crippen molar-refractivity contribution in [3.63, 3.8) is 0 Å². The van der Waals surface area contributed by atoms with Crippen LogP contribution in [0, 0.1) is 0 Å². The fraction of sp³-hybridized carbons (Fsp3) is 0.150. The van der Waals surface area contributed by atoms with E-state index in [1.807, 2.05) is 48.5 Å². The number of carbonyl (C=O) groups is 1. The summed E-state index contributed by atoms with van der Waals surface area (Å²) in [4.78, 5) is 13.8. The molecule has 3 heteroatoms. The van der Waals surface area contributed by atoms with Gasteiger partial charge in [0, 0.05) is 11.3 Å². The summed E-state index contributed by atoms with van der Waals surface area (Å²) in [6.45, 7) is 0. The van der Waals surface area contributed by atoms with Crippen LogP contribution in [0.4, 0.5) is 10.7 Å². The molecule has 1 aromatic heterocycles. The van der Waals surface area contributed by atoms with Gasteiger partial charge in [0.1, 0.15) is 0 Å². The zero-order chi connectivity index (χ0) is 15.6. The van der Waals surface area contributed by atoms with E-state index < -0.39 is 0 Å². The number of benzene rings is 2. The number of ketones is 1. The van der Waals surface area contributed by atoms with Gasteiger partial charge in [0.05, 0.1) is 9.88 Å². The predicted octanol–water partition coefficient (Wildman–Crippen LogP) is 5.21. The minimum atomic E-state index is 0.148. The second kappa shape index (κ2) is 6.01. The zero-order valence-electron chi connectivity index (χ0n) is 12.7. The van der Waals surface area contributed by atoms with Crippen LogP contribution >= 0.6 is 11.3 Å². The Morgan fingerprint density at radius 2 is 1.52 bits per heavy atom. The first-order valence-electron chi connectivity index (χ1n) is 7.89. The monoisotopic (exact) mass is 319 g/mol. The number of thiophene rings is 1. The molecule has 1 heterocycles. The summed E-state index contributed by atoms with van der Waals surface area (Å²) >= 11 is 1.60. The molecule has 114 valence electrons. The van der Waals surface area contributed by atoms with Gasteiger partial charge in [0.25, 0.3) is 0 Å². The number of rotatable bonds is 4. The molecule has 2 aromatic carbocycles. The van der Waals surface area contributed by atoms with Crippen molar-refractivity contribution in [2.45, 2.75) is 19.3 Å². The van der Waals surface area contributed by atoms with Crippen molar-refractivity contribution in [1.29, 1.82) is 0 Å². The summed E-state index contributed by atoms with van der Waals surface area (Å²) in [6, 6.07) is 19.7. The van der Waals surface area contributed by atoms with Crippen LogP contribution in [0.25, 0.3) is 0 Å². The molecule has 1 aliphatic rings. The van der Waals surface area contributed by atoms with Gasteiger partial charge in [-0.3, -0.25) is 4.79 Å². The number of anilines is 2. The van der Waals surface area contributed by atoms with Gasteiger partial charge in [-0.2, -0.15) is 0 Å². The van der Waals surface area contributed by atoms with Crippen LogP contribution in [0.2, 0.25) is 0 Å². The average Bonchev–Trinajstić information content (AvgIpc) is 3.20. The summed E-state index contributed by atoms with van der Waals surface area (Å²) in [7, 11) is 0. The standard InChI is InChI=1S/C20H17NOS/c22-18(14-8-3-1-4-9-14)19-16-12-7-13-17(16)20(23-19)21-15-10-5-2-6-11-15/h1-6,8-11,21H,7,12-13H2. The van der Waals surface area contributed by atoms with E-state index in [0.717, 1.165) is 40.4 Å². The van der Waals surface area contributed by atoms with Crippen LogP contribution in [0.5, 0.6) is 0 Å². The van der Waals surface area contributed by atoms with Crippen molar-refractivity contribution in [1.82, 2.24) is 0 Å². The Bertz CT molecular complexity index is 837. The van der Waals surface area contributed by atoms with Crippen LogP contribution in [0.15, 0.2) is 60.7 Å². The van der Waals surface area contributed by atoms with Crippen molar-refractivity contribution < 1.29 is 4.79 Å². The topological polar surface area (TPSA) is 29.1 Å². The molecular weight excluding hydrogens is 302 g/mol. The largest absolute Gasteiger partial charge is 0.347 e. The van der Waals surface area contributed by atoms with Crippen molar-refractivity contribution in [2.75, 3.05) is 5.32 Å². The molecule has 0 spiro atoms. The highest BCUT2D eigenvalue weighted by atomic mass is 32.1. The lowest BCUT2D eigenvalue weighted by Gasteiger charge is -2.05. The van der Waals surface area contributed by atoms with Crippen LogP contribution in [0.1, 0.15) is 32.8 Å². The smallest absolute Gasteiger partial charge is 0.203 e. The molecule has 0 atom stereocenters. The Morgan fingerprint density at radius 1 is 0.870 bits per heavy atom. The number of nitrogens with one attached hydrogen (secondary N) is 1. The number of hydrogen-bond acceptors (Lipinski definition) is 3. The molecule has 0 fully saturated rings. The van der Waals surface area contributed by atoms with Gasteiger partial charge in [-0.05, 0) is 42.5 Å². The highest BCUT2D eigenvalue weighted by molar-refractivity contribution is 7.18. The summed E-state index contributed by atoms with van der Waals surface area (Å²) in [5.74, 6) is 0.148. The summed E-state index contributed by atoms with van der Waals surface area (Å²) in [6.07, 6.45) is 3.20. The molecule has 0 amide bonds. The van der Waals surface area contributed by atoms with Gasteiger partial charge >= 0.3 is 0 Å². The molecule has 3 aromatic rings. The number of para-hydroxylation sites is 1. The van der Waals surface area contributed by atoms with Crippen LogP contribution in [-0.2, 0) is 12.8 Å². The second-order valence-corrected chi connectivity index (χ2v) is 6.78. The molecule has 2 nitrogen and oxygen atoms in total. The summed E-state index contributed by atoms with van der Waals surface area (Å²) in [5, 5.41) is 4.63. The van der Waals surface area contributed by atoms with E-state index >= 15 is 0 Å². The first-order chi connectivity index (χ1) is 11.3. The van der Waals surface area contributed by atoms with Gasteiger partial charge < -0.3 is 5.32 Å². The van der Waals surface area contributed by atoms with Crippen molar-refractivity contribution >= 4 is 27.8 Å². The van der Waals surface area contributed by atoms with E-state index in [-0.39, 0.29) is 5.78 Å². The Balaban J connectivity index is 1.72. The maximum absolute atomic E-state index is 12.9. The number of carbonyl (C=O) groups excluding carboxylic acids is 1. The highest BCUT2D eigenvalue weighted by Gasteiger charge is 2.26. The van der Waals surface area contributed by atoms with Crippen LogP contribution in [0.3, 0.4) is 0 Å². The maximum Gasteiger partial charge on any atom is 0.203 e. The lowest BCUT2D eigenvalue weighted by Crippen LogP contribution is -2.00. The Labute approximate surface area is 139 Å². The zero-order valence-corrected chi connectivity index (χ0v) is 13.5. The van der Waals surface area contributed by atoms with E-state index in [1.165, 1.54) is 11.1 Å². The van der Waals surface area contributed by atoms with Gasteiger partial charge in [0.2, 0.25) is 5.78 Å². The van der Waals surface area contributed by atoms with Gasteiger partial charge in [-0.1, -0.05) is 48.5 Å². The van der Waals surface area contributed by atoms with Gasteiger partial charge in [0.15, 0.2) is 0 Å². The Morgan fingerprint density at radius 3 is 2.26 bits per heavy atom. The summed E-state index contributed by atoms with van der Waals surface area (Å²) in [5.41, 5.74) is 4.43. The molecule has 1 aliphatic carbocycles. The van der Waals surface area contributed by atoms with Crippen LogP contribution < -0.4 is 5.32 Å². The highest BCUT2D eigenvalue weighted by Crippen LogP contribution is 2.41. The fourth-order valence-corrected chi connectivity index (χ4v) is 4.41. The molecular formula is C20H17NOS. The average molecular weight is 319 g/mol. The Kier molecular flexibility index (Phi) is 3.72. The molecule has 0 radical (unpaired) electrons. The SMILES string of the molecule is O=C(c1ccccc1)c1sc(Nc2ccccc2)c2c1CCC2. The molecule has 0 bridgehead atoms. The quantitative estimate of drug-likeness (QED) is 0.669. The molecule has 1 N–H and O–H groups in total. The normalized spacial score (nSPS) is 12.9. The predicted molar refractivity (Wildman–Crippen MR) is 95.9 cm³/mol. The van der Waals surface area contributed by atoms with E-state index in [0.29, 0.717) is 0 Å². The lowest BCUT2D eigenvalue weighted by molar-refractivity contribution is 0.104. The fourth-order valence-electron chi connectivity index (χ4n) is 3.13. The van der Waals surface area contributed by atoms with Gasteiger partial charge in [-0.15, -0.1) is 11.3 Å². The lowest BCUT2D eigenvalue weighted by atomic mass is 10.1.